The monoisotopic (exact) mass is 440 g/mol. The lowest BCUT2D eigenvalue weighted by atomic mass is 9.95. The molecule has 1 unspecified atom stereocenters. The molecule has 3 rings (SSSR count). The van der Waals surface area contributed by atoms with E-state index in [1.54, 1.807) is 44.3 Å². The minimum atomic E-state index is -3.45. The molecule has 11 nitrogen and oxygen atoms in total. The minimum Gasteiger partial charge on any atom is -0.397 e. The summed E-state index contributed by atoms with van der Waals surface area (Å²) in [4.78, 5) is 8.69. The van der Waals surface area contributed by atoms with E-state index >= 15 is 0 Å². The second-order valence-electron chi connectivity index (χ2n) is 6.33. The number of anilines is 3. The summed E-state index contributed by atoms with van der Waals surface area (Å²) in [6, 6.07) is 7.92. The number of nitrogens with zero attached hydrogens (tertiary/aromatic N) is 4. The van der Waals surface area contributed by atoms with E-state index in [1.165, 1.54) is 0 Å². The number of guanidine groups is 1. The number of nitrogens with one attached hydrogen (secondary N) is 2. The molecule has 0 amide bonds. The van der Waals surface area contributed by atoms with Crippen molar-refractivity contribution < 1.29 is 13.6 Å². The molecule has 0 bridgehead atoms. The van der Waals surface area contributed by atoms with E-state index in [9.17, 15) is 9.83 Å². The van der Waals surface area contributed by atoms with Crippen molar-refractivity contribution in [1.82, 2.24) is 10.3 Å². The van der Waals surface area contributed by atoms with Crippen LogP contribution in [0.3, 0.4) is 0 Å². The summed E-state index contributed by atoms with van der Waals surface area (Å²) in [5, 5.41) is 24.1. The van der Waals surface area contributed by atoms with Crippen LogP contribution in [0.25, 0.3) is 0 Å². The van der Waals surface area contributed by atoms with Crippen LogP contribution >= 0.6 is 7.60 Å². The first kappa shape index (κ1) is 22.1. The smallest absolute Gasteiger partial charge is 0.361 e. The third-order valence-electron chi connectivity index (χ3n) is 4.48. The van der Waals surface area contributed by atoms with Crippen molar-refractivity contribution in [3.05, 3.63) is 41.0 Å². The molecule has 12 heteroatoms. The summed E-state index contributed by atoms with van der Waals surface area (Å²) in [5.74, 6) is 0.396. The predicted molar refractivity (Wildman–Crippen MR) is 116 cm³/mol. The highest BCUT2D eigenvalue weighted by molar-refractivity contribution is 7.62. The van der Waals surface area contributed by atoms with Gasteiger partial charge in [0, 0.05) is 5.56 Å². The number of aliphatic imine (C=N–C) groups is 1. The summed E-state index contributed by atoms with van der Waals surface area (Å²) < 4.78 is 23.8. The Morgan fingerprint density at radius 3 is 2.39 bits per heavy atom. The molecule has 1 aromatic heterocycles. The number of nitrogens with two attached hydrogens (primary N) is 2. The Morgan fingerprint density at radius 1 is 1.19 bits per heavy atom. The van der Waals surface area contributed by atoms with Gasteiger partial charge in [-0.05, 0) is 31.5 Å². The number of aromatic nitrogens is 1. The van der Waals surface area contributed by atoms with Crippen LogP contribution in [0.15, 0.2) is 29.3 Å². The molecule has 1 atom stereocenters. The Morgan fingerprint density at radius 2 is 1.84 bits per heavy atom. The molecule has 0 spiro atoms. The van der Waals surface area contributed by atoms with Crippen molar-refractivity contribution >= 4 is 36.2 Å². The largest absolute Gasteiger partial charge is 0.397 e. The van der Waals surface area contributed by atoms with Gasteiger partial charge in [-0.25, -0.2) is 9.98 Å². The van der Waals surface area contributed by atoms with Gasteiger partial charge in [0.25, 0.3) is 0 Å². The number of nitrogen functional groups attached to an aromatic ring is 2. The van der Waals surface area contributed by atoms with Crippen LogP contribution in [0.4, 0.5) is 17.3 Å². The molecule has 0 fully saturated rings. The minimum absolute atomic E-state index is 0.0343. The fraction of sp³-hybridized carbons (Fsp3) is 0.263. The predicted octanol–water partition coefficient (Wildman–Crippen LogP) is 1.95. The second kappa shape index (κ2) is 9.02. The molecule has 0 saturated carbocycles. The van der Waals surface area contributed by atoms with Gasteiger partial charge in [0.05, 0.1) is 24.2 Å². The van der Waals surface area contributed by atoms with Gasteiger partial charge in [0.2, 0.25) is 5.96 Å². The molecule has 31 heavy (non-hydrogen) atoms. The summed E-state index contributed by atoms with van der Waals surface area (Å²) in [7, 11) is -3.45. The Kier molecular flexibility index (Phi) is 6.42. The van der Waals surface area contributed by atoms with Gasteiger partial charge >= 0.3 is 7.60 Å². The zero-order valence-electron chi connectivity index (χ0n) is 16.9. The second-order valence-corrected chi connectivity index (χ2v) is 8.35. The summed E-state index contributed by atoms with van der Waals surface area (Å²) in [6.07, 6.45) is 1.79. The van der Waals surface area contributed by atoms with Crippen LogP contribution in [0, 0.1) is 22.8 Å². The van der Waals surface area contributed by atoms with Gasteiger partial charge in [-0.15, -0.1) is 0 Å². The van der Waals surface area contributed by atoms with Crippen LogP contribution in [-0.2, 0) is 13.6 Å². The average molecular weight is 440 g/mol. The van der Waals surface area contributed by atoms with Crippen molar-refractivity contribution in [2.24, 2.45) is 4.99 Å². The van der Waals surface area contributed by atoms with Crippen LogP contribution in [-0.4, -0.2) is 24.2 Å². The fourth-order valence-electron chi connectivity index (χ4n) is 3.19. The maximum Gasteiger partial charge on any atom is 0.361 e. The first-order chi connectivity index (χ1) is 14.9. The molecule has 2 heterocycles. The molecule has 0 aliphatic carbocycles. The molecular weight excluding hydrogens is 419 g/mol. The molecule has 6 N–H and O–H groups in total. The average Bonchev–Trinajstić information content (AvgIpc) is 2.74. The van der Waals surface area contributed by atoms with Gasteiger partial charge < -0.3 is 25.8 Å². The van der Waals surface area contributed by atoms with E-state index in [-0.39, 0.29) is 42.1 Å². The number of benzene rings is 1. The Hall–Kier alpha value is -3.63. The molecule has 160 valence electrons. The molecule has 0 saturated heterocycles. The number of pyridine rings is 1. The molecule has 2 aromatic rings. The first-order valence-corrected chi connectivity index (χ1v) is 10.9. The van der Waals surface area contributed by atoms with Crippen LogP contribution in [0.5, 0.6) is 0 Å². The third-order valence-corrected chi connectivity index (χ3v) is 6.61. The molecule has 1 aliphatic rings. The van der Waals surface area contributed by atoms with Crippen LogP contribution in [0.1, 0.15) is 36.6 Å². The Labute approximate surface area is 179 Å². The van der Waals surface area contributed by atoms with E-state index < -0.39 is 13.6 Å². The van der Waals surface area contributed by atoms with Gasteiger partial charge in [0.1, 0.15) is 29.3 Å². The number of hydrogen-bond acceptors (Lipinski definition) is 11. The lowest BCUT2D eigenvalue weighted by molar-refractivity contribution is 0.230. The van der Waals surface area contributed by atoms with Crippen molar-refractivity contribution in [2.45, 2.75) is 19.9 Å². The van der Waals surface area contributed by atoms with Gasteiger partial charge in [0.15, 0.2) is 6.19 Å². The number of nitriles is 2. The first-order valence-electron chi connectivity index (χ1n) is 9.37. The quantitative estimate of drug-likeness (QED) is 0.294. The maximum atomic E-state index is 13.0. The summed E-state index contributed by atoms with van der Waals surface area (Å²) in [5.41, 5.74) is 13.4. The zero-order chi connectivity index (χ0) is 22.6. The molecule has 1 aromatic carbocycles. The standard InChI is InChI=1S/C19H21N8O3P/c1-3-29-31(28,30-4-2)12-7-5-11(6-8-12)16-14-15(22)13(9-20)17(23)26-18(14)27-19(25-16)24-10-21/h5-8,16H,3-4H2,1-2H3,(H6,22,23,24,25,26,27). The van der Waals surface area contributed by atoms with Gasteiger partial charge in [-0.2, -0.15) is 10.5 Å². The topological polar surface area (TPSA) is 184 Å². The van der Waals surface area contributed by atoms with E-state index in [4.69, 9.17) is 25.8 Å². The lowest BCUT2D eigenvalue weighted by Crippen LogP contribution is -2.32. The van der Waals surface area contributed by atoms with E-state index in [1.807, 2.05) is 6.07 Å². The highest BCUT2D eigenvalue weighted by Gasteiger charge is 2.31. The van der Waals surface area contributed by atoms with E-state index in [2.05, 4.69) is 20.6 Å². The zero-order valence-corrected chi connectivity index (χ0v) is 17.8. The summed E-state index contributed by atoms with van der Waals surface area (Å²) >= 11 is 0. The van der Waals surface area contributed by atoms with Gasteiger partial charge in [-0.3, -0.25) is 9.88 Å². The van der Waals surface area contributed by atoms with Crippen molar-refractivity contribution in [1.29, 1.82) is 10.5 Å². The normalized spacial score (nSPS) is 15.1. The molecule has 0 radical (unpaired) electrons. The maximum absolute atomic E-state index is 13.0. The van der Waals surface area contributed by atoms with Gasteiger partial charge in [-0.1, -0.05) is 12.1 Å². The SMILES string of the molecule is CCOP(=O)(OCC)c1ccc(C2N=C(NC#N)Nc3nc(N)c(C#N)c(N)c32)cc1. The Balaban J connectivity index is 2.11. The summed E-state index contributed by atoms with van der Waals surface area (Å²) in [6.45, 7) is 3.93. The van der Waals surface area contributed by atoms with Crippen molar-refractivity contribution in [2.75, 3.05) is 30.0 Å². The lowest BCUT2D eigenvalue weighted by Gasteiger charge is -2.26. The Bertz CT molecular complexity index is 1140. The number of fused-ring (bicyclic) bond motifs is 1. The number of hydrogen-bond donors (Lipinski definition) is 4. The number of rotatable bonds is 6. The third kappa shape index (κ3) is 4.16. The highest BCUT2D eigenvalue weighted by Crippen LogP contribution is 2.47. The molecule has 1 aliphatic heterocycles. The van der Waals surface area contributed by atoms with E-state index in [0.29, 0.717) is 16.4 Å². The van der Waals surface area contributed by atoms with Crippen LogP contribution in [0.2, 0.25) is 0 Å². The van der Waals surface area contributed by atoms with Crippen molar-refractivity contribution in [3.8, 4) is 12.3 Å². The fourth-order valence-corrected chi connectivity index (χ4v) is 4.75. The van der Waals surface area contributed by atoms with Crippen LogP contribution < -0.4 is 27.4 Å². The molecular formula is C19H21N8O3P. The van der Waals surface area contributed by atoms with Crippen molar-refractivity contribution in [3.63, 3.8) is 0 Å². The highest BCUT2D eigenvalue weighted by atomic mass is 31.2. The van der Waals surface area contributed by atoms with E-state index in [0.717, 1.165) is 0 Å².